The minimum atomic E-state index is -0.926. The van der Waals surface area contributed by atoms with Crippen LogP contribution in [-0.2, 0) is 4.79 Å². The SMILES string of the molecule is CC(N)=C(CCCCCl)C(=O)O. The van der Waals surface area contributed by atoms with Crippen molar-refractivity contribution in [3.05, 3.63) is 11.3 Å². The molecule has 0 aromatic heterocycles. The van der Waals surface area contributed by atoms with E-state index >= 15 is 0 Å². The van der Waals surface area contributed by atoms with Crippen LogP contribution in [0.15, 0.2) is 11.3 Å². The Labute approximate surface area is 77.2 Å². The van der Waals surface area contributed by atoms with Crippen molar-refractivity contribution < 1.29 is 9.90 Å². The number of carboxylic acid groups (broad SMARTS) is 1. The van der Waals surface area contributed by atoms with E-state index in [2.05, 4.69) is 0 Å². The molecule has 0 radical (unpaired) electrons. The molecule has 70 valence electrons. The zero-order valence-electron chi connectivity index (χ0n) is 7.14. The lowest BCUT2D eigenvalue weighted by atomic mass is 10.1. The number of hydrogen-bond acceptors (Lipinski definition) is 2. The van der Waals surface area contributed by atoms with E-state index in [4.69, 9.17) is 22.4 Å². The molecule has 0 saturated heterocycles. The zero-order valence-corrected chi connectivity index (χ0v) is 7.90. The van der Waals surface area contributed by atoms with Crippen LogP contribution in [0, 0.1) is 0 Å². The van der Waals surface area contributed by atoms with Crippen LogP contribution in [0.4, 0.5) is 0 Å². The van der Waals surface area contributed by atoms with Gasteiger partial charge in [-0.1, -0.05) is 0 Å². The van der Waals surface area contributed by atoms with E-state index in [1.807, 2.05) is 0 Å². The summed E-state index contributed by atoms with van der Waals surface area (Å²) in [4.78, 5) is 10.6. The van der Waals surface area contributed by atoms with Crippen molar-refractivity contribution >= 4 is 17.6 Å². The van der Waals surface area contributed by atoms with Crippen molar-refractivity contribution in [2.75, 3.05) is 5.88 Å². The maximum atomic E-state index is 10.6. The van der Waals surface area contributed by atoms with Gasteiger partial charge in [0.15, 0.2) is 0 Å². The summed E-state index contributed by atoms with van der Waals surface area (Å²) in [5.41, 5.74) is 6.08. The van der Waals surface area contributed by atoms with Gasteiger partial charge in [-0.3, -0.25) is 0 Å². The third-order valence-corrected chi connectivity index (χ3v) is 1.81. The minimum absolute atomic E-state index is 0.306. The molecule has 4 heteroatoms. The number of carbonyl (C=O) groups is 1. The Morgan fingerprint density at radius 1 is 1.50 bits per heavy atom. The van der Waals surface area contributed by atoms with Gasteiger partial charge in [-0.05, 0) is 26.2 Å². The second kappa shape index (κ2) is 5.89. The number of halogens is 1. The van der Waals surface area contributed by atoms with Gasteiger partial charge in [0.05, 0.1) is 5.57 Å². The Balaban J connectivity index is 4.00. The highest BCUT2D eigenvalue weighted by Crippen LogP contribution is 2.10. The molecule has 0 bridgehead atoms. The van der Waals surface area contributed by atoms with Crippen molar-refractivity contribution in [3.63, 3.8) is 0 Å². The third kappa shape index (κ3) is 4.23. The molecule has 0 aromatic carbocycles. The van der Waals surface area contributed by atoms with Crippen LogP contribution in [0.1, 0.15) is 26.2 Å². The summed E-state index contributed by atoms with van der Waals surface area (Å²) >= 11 is 5.45. The van der Waals surface area contributed by atoms with Crippen molar-refractivity contribution in [3.8, 4) is 0 Å². The molecule has 0 amide bonds. The molecule has 0 atom stereocenters. The monoisotopic (exact) mass is 191 g/mol. The first kappa shape index (κ1) is 11.3. The summed E-state index contributed by atoms with van der Waals surface area (Å²) in [6.07, 6.45) is 2.11. The van der Waals surface area contributed by atoms with E-state index in [9.17, 15) is 4.79 Å². The maximum absolute atomic E-state index is 10.6. The highest BCUT2D eigenvalue weighted by Gasteiger charge is 2.08. The summed E-state index contributed by atoms with van der Waals surface area (Å²) < 4.78 is 0. The number of allylic oxidation sites excluding steroid dienone is 1. The van der Waals surface area contributed by atoms with Gasteiger partial charge in [0.2, 0.25) is 0 Å². The fraction of sp³-hybridized carbons (Fsp3) is 0.625. The maximum Gasteiger partial charge on any atom is 0.333 e. The standard InChI is InChI=1S/C8H14ClNO2/c1-6(10)7(8(11)12)4-2-3-5-9/h2-5,10H2,1H3,(H,11,12). The van der Waals surface area contributed by atoms with Crippen LogP contribution in [0.5, 0.6) is 0 Å². The number of rotatable bonds is 5. The fourth-order valence-electron chi connectivity index (χ4n) is 0.869. The van der Waals surface area contributed by atoms with E-state index in [1.165, 1.54) is 0 Å². The van der Waals surface area contributed by atoms with E-state index in [1.54, 1.807) is 6.92 Å². The molecule has 12 heavy (non-hydrogen) atoms. The molecule has 0 aliphatic rings. The average molecular weight is 192 g/mol. The molecule has 0 aliphatic carbocycles. The highest BCUT2D eigenvalue weighted by atomic mass is 35.5. The normalized spacial score (nSPS) is 12.5. The molecule has 0 fully saturated rings. The Morgan fingerprint density at radius 3 is 2.42 bits per heavy atom. The quantitative estimate of drug-likeness (QED) is 0.395. The molecule has 3 N–H and O–H groups in total. The topological polar surface area (TPSA) is 63.3 Å². The summed E-state index contributed by atoms with van der Waals surface area (Å²) in [5.74, 6) is -0.360. The van der Waals surface area contributed by atoms with Crippen molar-refractivity contribution in [1.82, 2.24) is 0 Å². The molecule has 0 spiro atoms. The number of alkyl halides is 1. The highest BCUT2D eigenvalue weighted by molar-refractivity contribution is 6.17. The van der Waals surface area contributed by atoms with Crippen LogP contribution in [0.25, 0.3) is 0 Å². The van der Waals surface area contributed by atoms with Crippen LogP contribution >= 0.6 is 11.6 Å². The second-order valence-electron chi connectivity index (χ2n) is 2.61. The number of carboxylic acids is 1. The van der Waals surface area contributed by atoms with Gasteiger partial charge >= 0.3 is 5.97 Å². The lowest BCUT2D eigenvalue weighted by Crippen LogP contribution is -2.08. The van der Waals surface area contributed by atoms with E-state index in [-0.39, 0.29) is 0 Å². The lowest BCUT2D eigenvalue weighted by molar-refractivity contribution is -0.132. The molecule has 0 saturated carbocycles. The van der Waals surface area contributed by atoms with Gasteiger partial charge in [-0.15, -0.1) is 11.6 Å². The number of aliphatic carboxylic acids is 1. The number of nitrogens with two attached hydrogens (primary N) is 1. The van der Waals surface area contributed by atoms with Gasteiger partial charge in [-0.25, -0.2) is 4.79 Å². The largest absolute Gasteiger partial charge is 0.478 e. The van der Waals surface area contributed by atoms with Gasteiger partial charge in [0, 0.05) is 11.6 Å². The smallest absolute Gasteiger partial charge is 0.333 e. The summed E-state index contributed by atoms with van der Waals surface area (Å²) in [6, 6.07) is 0. The Bertz CT molecular complexity index is 185. The first-order chi connectivity index (χ1) is 5.59. The predicted molar refractivity (Wildman–Crippen MR) is 49.1 cm³/mol. The Kier molecular flexibility index (Phi) is 5.54. The molecule has 0 aliphatic heterocycles. The fourth-order valence-corrected chi connectivity index (χ4v) is 1.06. The Morgan fingerprint density at radius 2 is 2.08 bits per heavy atom. The van der Waals surface area contributed by atoms with Crippen LogP contribution in [-0.4, -0.2) is 17.0 Å². The van der Waals surface area contributed by atoms with Crippen molar-refractivity contribution in [2.45, 2.75) is 26.2 Å². The van der Waals surface area contributed by atoms with E-state index in [0.717, 1.165) is 12.8 Å². The lowest BCUT2D eigenvalue weighted by Gasteiger charge is -2.02. The van der Waals surface area contributed by atoms with E-state index in [0.29, 0.717) is 23.6 Å². The molecule has 3 nitrogen and oxygen atoms in total. The third-order valence-electron chi connectivity index (χ3n) is 1.54. The van der Waals surface area contributed by atoms with Crippen LogP contribution < -0.4 is 5.73 Å². The second-order valence-corrected chi connectivity index (χ2v) is 2.99. The Hall–Kier alpha value is -0.700. The summed E-state index contributed by atoms with van der Waals surface area (Å²) in [6.45, 7) is 1.60. The summed E-state index contributed by atoms with van der Waals surface area (Å²) in [5, 5.41) is 8.67. The van der Waals surface area contributed by atoms with E-state index < -0.39 is 5.97 Å². The minimum Gasteiger partial charge on any atom is -0.478 e. The van der Waals surface area contributed by atoms with Gasteiger partial charge in [0.25, 0.3) is 0 Å². The van der Waals surface area contributed by atoms with Gasteiger partial charge in [-0.2, -0.15) is 0 Å². The average Bonchev–Trinajstić information content (AvgIpc) is 1.96. The van der Waals surface area contributed by atoms with Gasteiger partial charge in [0.1, 0.15) is 0 Å². The molecular formula is C8H14ClNO2. The molecular weight excluding hydrogens is 178 g/mol. The van der Waals surface area contributed by atoms with Crippen molar-refractivity contribution in [1.29, 1.82) is 0 Å². The van der Waals surface area contributed by atoms with Crippen LogP contribution in [0.2, 0.25) is 0 Å². The molecule has 0 unspecified atom stereocenters. The molecule has 0 aromatic rings. The predicted octanol–water partition coefficient (Wildman–Crippen LogP) is 1.71. The van der Waals surface area contributed by atoms with Gasteiger partial charge < -0.3 is 10.8 Å². The van der Waals surface area contributed by atoms with Crippen LogP contribution in [0.3, 0.4) is 0 Å². The first-order valence-corrected chi connectivity index (χ1v) is 4.37. The molecule has 0 rings (SSSR count). The van der Waals surface area contributed by atoms with Crippen molar-refractivity contribution in [2.24, 2.45) is 5.73 Å². The summed E-state index contributed by atoms with van der Waals surface area (Å²) in [7, 11) is 0. The number of unbranched alkanes of at least 4 members (excludes halogenated alkanes) is 1. The zero-order chi connectivity index (χ0) is 9.56. The first-order valence-electron chi connectivity index (χ1n) is 3.84. The number of hydrogen-bond donors (Lipinski definition) is 2. The molecule has 0 heterocycles.